The number of carbonyl (C=O) groups excluding carboxylic acids is 3. The maximum absolute atomic E-state index is 12.2. The van der Waals surface area contributed by atoms with Gasteiger partial charge in [0.1, 0.15) is 21.3 Å². The van der Waals surface area contributed by atoms with Crippen molar-refractivity contribution in [2.45, 2.75) is 39.8 Å². The molecular formula is C31H32N2O8S2. The number of ether oxygens (including phenoxy) is 1. The first-order chi connectivity index (χ1) is 20.6. The van der Waals surface area contributed by atoms with E-state index in [0.717, 1.165) is 39.4 Å². The van der Waals surface area contributed by atoms with Crippen molar-refractivity contribution in [1.29, 1.82) is 0 Å². The van der Waals surface area contributed by atoms with Crippen molar-refractivity contribution in [2.75, 3.05) is 7.11 Å². The van der Waals surface area contributed by atoms with E-state index in [2.05, 4.69) is 10.6 Å². The summed E-state index contributed by atoms with van der Waals surface area (Å²) in [5.41, 5.74) is 3.04. The van der Waals surface area contributed by atoms with E-state index in [1.165, 1.54) is 7.11 Å². The van der Waals surface area contributed by atoms with E-state index in [4.69, 9.17) is 9.84 Å². The highest BCUT2D eigenvalue weighted by Gasteiger charge is 2.20. The number of phenols is 2. The number of carbonyl (C=O) groups is 4. The Morgan fingerprint density at radius 3 is 1.53 bits per heavy atom. The zero-order chi connectivity index (χ0) is 31.5. The smallest absolute Gasteiger partial charge is 0.348 e. The minimum absolute atomic E-state index is 0.138. The van der Waals surface area contributed by atoms with Gasteiger partial charge in [0.25, 0.3) is 11.8 Å². The molecule has 0 aliphatic carbocycles. The number of nitrogens with one attached hydrogen (secondary N) is 2. The Kier molecular flexibility index (Phi) is 11.8. The lowest BCUT2D eigenvalue weighted by molar-refractivity contribution is 0.0604. The molecule has 2 amide bonds. The predicted molar refractivity (Wildman–Crippen MR) is 164 cm³/mol. The van der Waals surface area contributed by atoms with Crippen LogP contribution in [0.2, 0.25) is 0 Å². The van der Waals surface area contributed by atoms with Crippen LogP contribution in [-0.2, 0) is 30.7 Å². The first-order valence-electron chi connectivity index (χ1n) is 13.2. The van der Waals surface area contributed by atoms with Gasteiger partial charge in [-0.2, -0.15) is 0 Å². The van der Waals surface area contributed by atoms with Crippen molar-refractivity contribution >= 4 is 46.4 Å². The second-order valence-electron chi connectivity index (χ2n) is 9.14. The minimum atomic E-state index is -1.01. The van der Waals surface area contributed by atoms with Gasteiger partial charge >= 0.3 is 11.9 Å². The molecule has 0 radical (unpaired) electrons. The number of aryl methyl sites for hydroxylation is 2. The van der Waals surface area contributed by atoms with Crippen molar-refractivity contribution in [3.63, 3.8) is 0 Å². The molecule has 0 fully saturated rings. The van der Waals surface area contributed by atoms with Crippen LogP contribution in [0.4, 0.5) is 0 Å². The molecule has 10 nitrogen and oxygen atoms in total. The van der Waals surface area contributed by atoms with Gasteiger partial charge in [-0.1, -0.05) is 38.1 Å². The molecule has 226 valence electrons. The summed E-state index contributed by atoms with van der Waals surface area (Å²) in [6.07, 6.45) is 1.22. The van der Waals surface area contributed by atoms with Crippen LogP contribution in [0.25, 0.3) is 0 Å². The first kappa shape index (κ1) is 32.8. The van der Waals surface area contributed by atoms with Gasteiger partial charge < -0.3 is 30.7 Å². The van der Waals surface area contributed by atoms with Gasteiger partial charge in [-0.15, -0.1) is 22.7 Å². The van der Waals surface area contributed by atoms with Crippen molar-refractivity contribution in [3.8, 4) is 11.5 Å². The van der Waals surface area contributed by atoms with Crippen LogP contribution in [0.15, 0.2) is 60.7 Å². The van der Waals surface area contributed by atoms with Crippen LogP contribution in [0.5, 0.6) is 11.5 Å². The van der Waals surface area contributed by atoms with E-state index in [9.17, 15) is 29.4 Å². The molecule has 12 heteroatoms. The SMILES string of the molecule is CCc1cc(C(=O)NCc2cccc(O)c2)sc1C(=O)O.CCc1cc(C(=O)NCc2cccc(O)c2)sc1C(=O)OC. The Bertz CT molecular complexity index is 1610. The molecule has 4 aromatic rings. The summed E-state index contributed by atoms with van der Waals surface area (Å²) >= 11 is 2.10. The third-order valence-corrected chi connectivity index (χ3v) is 8.44. The minimum Gasteiger partial charge on any atom is -0.508 e. The average molecular weight is 625 g/mol. The fraction of sp³-hybridized carbons (Fsp3) is 0.226. The van der Waals surface area contributed by atoms with E-state index in [-0.39, 0.29) is 34.7 Å². The van der Waals surface area contributed by atoms with E-state index in [1.807, 2.05) is 19.9 Å². The van der Waals surface area contributed by atoms with E-state index >= 15 is 0 Å². The van der Waals surface area contributed by atoms with E-state index in [1.54, 1.807) is 54.6 Å². The Balaban J connectivity index is 0.000000236. The largest absolute Gasteiger partial charge is 0.508 e. The van der Waals surface area contributed by atoms with Gasteiger partial charge in [0.05, 0.1) is 16.9 Å². The molecule has 4 rings (SSSR count). The van der Waals surface area contributed by atoms with Crippen LogP contribution in [0, 0.1) is 0 Å². The molecule has 0 saturated carbocycles. The molecule has 0 bridgehead atoms. The molecule has 5 N–H and O–H groups in total. The fourth-order valence-electron chi connectivity index (χ4n) is 3.92. The number of esters is 1. The number of rotatable bonds is 10. The number of hydrogen-bond donors (Lipinski definition) is 5. The quantitative estimate of drug-likeness (QED) is 0.147. The average Bonchev–Trinajstić information content (AvgIpc) is 3.64. The topological polar surface area (TPSA) is 162 Å². The number of carboxylic acids is 1. The zero-order valence-corrected chi connectivity index (χ0v) is 25.4. The molecule has 0 unspecified atom stereocenters. The lowest BCUT2D eigenvalue weighted by atomic mass is 10.2. The Labute approximate surface area is 256 Å². The molecule has 43 heavy (non-hydrogen) atoms. The van der Waals surface area contributed by atoms with Crippen LogP contribution in [0.1, 0.15) is 74.8 Å². The maximum Gasteiger partial charge on any atom is 0.348 e. The van der Waals surface area contributed by atoms with Gasteiger partial charge in [-0.05, 0) is 71.5 Å². The van der Waals surface area contributed by atoms with Crippen LogP contribution in [-0.4, -0.2) is 46.2 Å². The number of hydrogen-bond acceptors (Lipinski definition) is 9. The van der Waals surface area contributed by atoms with Crippen molar-refractivity contribution in [1.82, 2.24) is 10.6 Å². The van der Waals surface area contributed by atoms with E-state index in [0.29, 0.717) is 39.6 Å². The molecule has 0 aliphatic rings. The van der Waals surface area contributed by atoms with Gasteiger partial charge in [-0.3, -0.25) is 9.59 Å². The van der Waals surface area contributed by atoms with Crippen molar-refractivity contribution < 1.29 is 39.2 Å². The molecule has 0 atom stereocenters. The normalized spacial score (nSPS) is 10.3. The van der Waals surface area contributed by atoms with Gasteiger partial charge in [0.2, 0.25) is 0 Å². The number of aromatic hydroxyl groups is 2. The number of benzene rings is 2. The van der Waals surface area contributed by atoms with Gasteiger partial charge in [0.15, 0.2) is 0 Å². The number of amides is 2. The summed E-state index contributed by atoms with van der Waals surface area (Å²) in [7, 11) is 1.32. The summed E-state index contributed by atoms with van der Waals surface area (Å²) in [6, 6.07) is 16.6. The maximum atomic E-state index is 12.2. The van der Waals surface area contributed by atoms with Gasteiger partial charge in [-0.25, -0.2) is 9.59 Å². The third-order valence-electron chi connectivity index (χ3n) is 6.12. The number of thiophene rings is 2. The molecule has 0 aliphatic heterocycles. The molecule has 2 heterocycles. The second kappa shape index (κ2) is 15.5. The molecular weight excluding hydrogens is 592 g/mol. The fourth-order valence-corrected chi connectivity index (χ4v) is 6.02. The molecule has 2 aromatic heterocycles. The molecule has 0 saturated heterocycles. The lowest BCUT2D eigenvalue weighted by Crippen LogP contribution is -2.21. The Hall–Kier alpha value is -4.68. The van der Waals surface area contributed by atoms with Crippen molar-refractivity contribution in [2.24, 2.45) is 0 Å². The van der Waals surface area contributed by atoms with Gasteiger partial charge in [0, 0.05) is 13.1 Å². The summed E-state index contributed by atoms with van der Waals surface area (Å²) < 4.78 is 4.73. The number of methoxy groups -OCH3 is 1. The summed E-state index contributed by atoms with van der Waals surface area (Å²) in [6.45, 7) is 4.35. The third kappa shape index (κ3) is 9.15. The standard InChI is InChI=1S/C16H17NO4S.C15H15NO4S/c1-3-11-8-13(22-14(11)16(20)21-2)15(19)17-9-10-5-4-6-12(18)7-10;1-2-10-7-12(21-13(10)15(19)20)14(18)16-8-9-4-3-5-11(17)6-9/h4-8,18H,3,9H2,1-2H3,(H,17,19);3-7,17H,2,8H2,1H3,(H,16,18)(H,19,20). The zero-order valence-electron chi connectivity index (χ0n) is 23.8. The number of phenolic OH excluding ortho intramolecular Hbond substituents is 2. The Morgan fingerprint density at radius 1 is 0.721 bits per heavy atom. The molecule has 2 aromatic carbocycles. The van der Waals surface area contributed by atoms with Crippen LogP contribution < -0.4 is 10.6 Å². The molecule has 0 spiro atoms. The predicted octanol–water partition coefficient (Wildman–Crippen LogP) is 5.38. The number of carboxylic acid groups (broad SMARTS) is 1. The number of aromatic carboxylic acids is 1. The highest BCUT2D eigenvalue weighted by molar-refractivity contribution is 7.16. The Morgan fingerprint density at radius 2 is 1.16 bits per heavy atom. The van der Waals surface area contributed by atoms with Crippen LogP contribution in [0.3, 0.4) is 0 Å². The second-order valence-corrected chi connectivity index (χ2v) is 11.2. The van der Waals surface area contributed by atoms with E-state index < -0.39 is 11.9 Å². The summed E-state index contributed by atoms with van der Waals surface area (Å²) in [4.78, 5) is 48.5. The lowest BCUT2D eigenvalue weighted by Gasteiger charge is -2.04. The monoisotopic (exact) mass is 624 g/mol. The highest BCUT2D eigenvalue weighted by Crippen LogP contribution is 2.25. The van der Waals surface area contributed by atoms with Crippen LogP contribution >= 0.6 is 22.7 Å². The summed E-state index contributed by atoms with van der Waals surface area (Å²) in [5.74, 6) is -1.70. The summed E-state index contributed by atoms with van der Waals surface area (Å²) in [5, 5.41) is 33.3. The highest BCUT2D eigenvalue weighted by atomic mass is 32.1. The van der Waals surface area contributed by atoms with Crippen molar-refractivity contribution in [3.05, 3.63) is 102 Å². The first-order valence-corrected chi connectivity index (χ1v) is 14.9.